The highest BCUT2D eigenvalue weighted by Crippen LogP contribution is 2.24. The van der Waals surface area contributed by atoms with Gasteiger partial charge < -0.3 is 5.32 Å². The molecule has 1 aliphatic rings. The SMILES string of the molecule is C[C@@H](C(=O)NC1CCCCC1)N(c1ccc(Cl)cc1)S(C)(=O)=O. The predicted octanol–water partition coefficient (Wildman–Crippen LogP) is 2.94. The maximum Gasteiger partial charge on any atom is 0.243 e. The monoisotopic (exact) mass is 358 g/mol. The van der Waals surface area contributed by atoms with E-state index in [1.54, 1.807) is 31.2 Å². The molecule has 128 valence electrons. The Labute approximate surface area is 143 Å². The Morgan fingerprint density at radius 3 is 2.30 bits per heavy atom. The van der Waals surface area contributed by atoms with E-state index in [1.165, 1.54) is 6.42 Å². The third-order valence-electron chi connectivity index (χ3n) is 4.12. The molecule has 0 saturated heterocycles. The van der Waals surface area contributed by atoms with Gasteiger partial charge in [-0.1, -0.05) is 30.9 Å². The molecule has 1 saturated carbocycles. The molecule has 7 heteroatoms. The maximum absolute atomic E-state index is 12.5. The van der Waals surface area contributed by atoms with Crippen molar-refractivity contribution < 1.29 is 13.2 Å². The van der Waals surface area contributed by atoms with Gasteiger partial charge in [0.25, 0.3) is 0 Å². The molecule has 1 atom stereocenters. The van der Waals surface area contributed by atoms with E-state index >= 15 is 0 Å². The molecule has 0 radical (unpaired) electrons. The minimum atomic E-state index is -3.59. The Balaban J connectivity index is 2.17. The molecular formula is C16H23ClN2O3S. The highest BCUT2D eigenvalue weighted by Gasteiger charge is 2.30. The van der Waals surface area contributed by atoms with Gasteiger partial charge >= 0.3 is 0 Å². The van der Waals surface area contributed by atoms with Crippen LogP contribution in [0.25, 0.3) is 0 Å². The van der Waals surface area contributed by atoms with Crippen molar-refractivity contribution in [2.45, 2.75) is 51.1 Å². The lowest BCUT2D eigenvalue weighted by molar-refractivity contribution is -0.122. The molecule has 1 N–H and O–H groups in total. The largest absolute Gasteiger partial charge is 0.352 e. The minimum Gasteiger partial charge on any atom is -0.352 e. The number of sulfonamides is 1. The molecule has 0 aliphatic heterocycles. The van der Waals surface area contributed by atoms with E-state index in [9.17, 15) is 13.2 Å². The van der Waals surface area contributed by atoms with E-state index in [1.807, 2.05) is 0 Å². The molecular weight excluding hydrogens is 336 g/mol. The number of rotatable bonds is 5. The Morgan fingerprint density at radius 2 is 1.78 bits per heavy atom. The molecule has 1 aliphatic carbocycles. The van der Waals surface area contributed by atoms with E-state index in [0.29, 0.717) is 10.7 Å². The first-order valence-corrected chi connectivity index (χ1v) is 10.1. The van der Waals surface area contributed by atoms with Gasteiger partial charge in [-0.05, 0) is 44.0 Å². The number of halogens is 1. The van der Waals surface area contributed by atoms with Crippen LogP contribution in [0.2, 0.25) is 5.02 Å². The molecule has 23 heavy (non-hydrogen) atoms. The molecule has 1 aromatic carbocycles. The second kappa shape index (κ2) is 7.53. The maximum atomic E-state index is 12.5. The fraction of sp³-hybridized carbons (Fsp3) is 0.562. The van der Waals surface area contributed by atoms with Crippen molar-refractivity contribution in [2.24, 2.45) is 0 Å². The van der Waals surface area contributed by atoms with E-state index in [4.69, 9.17) is 11.6 Å². The van der Waals surface area contributed by atoms with Crippen LogP contribution in [0.3, 0.4) is 0 Å². The molecule has 5 nitrogen and oxygen atoms in total. The summed E-state index contributed by atoms with van der Waals surface area (Å²) in [4.78, 5) is 12.5. The van der Waals surface area contributed by atoms with Gasteiger partial charge in [0.1, 0.15) is 6.04 Å². The first kappa shape index (κ1) is 18.1. The molecule has 0 unspecified atom stereocenters. The Bertz CT molecular complexity index is 640. The van der Waals surface area contributed by atoms with Gasteiger partial charge in [0.15, 0.2) is 0 Å². The highest BCUT2D eigenvalue weighted by molar-refractivity contribution is 7.92. The van der Waals surface area contributed by atoms with E-state index in [2.05, 4.69) is 5.32 Å². The summed E-state index contributed by atoms with van der Waals surface area (Å²) in [5.74, 6) is -0.266. The van der Waals surface area contributed by atoms with Crippen LogP contribution < -0.4 is 9.62 Å². The fourth-order valence-electron chi connectivity index (χ4n) is 2.97. The second-order valence-electron chi connectivity index (χ2n) is 6.05. The van der Waals surface area contributed by atoms with Crippen LogP contribution in [0.15, 0.2) is 24.3 Å². The van der Waals surface area contributed by atoms with Crippen LogP contribution >= 0.6 is 11.6 Å². The van der Waals surface area contributed by atoms with Crippen molar-refractivity contribution in [3.63, 3.8) is 0 Å². The van der Waals surface area contributed by atoms with Gasteiger partial charge in [0.05, 0.1) is 11.9 Å². The number of amides is 1. The fourth-order valence-corrected chi connectivity index (χ4v) is 4.27. The summed E-state index contributed by atoms with van der Waals surface area (Å²) in [6.45, 7) is 1.60. The summed E-state index contributed by atoms with van der Waals surface area (Å²) in [5.41, 5.74) is 0.434. The average molecular weight is 359 g/mol. The number of hydrogen-bond acceptors (Lipinski definition) is 3. The molecule has 1 amide bonds. The Kier molecular flexibility index (Phi) is 5.92. The normalized spacial score (nSPS) is 17.5. The van der Waals surface area contributed by atoms with Crippen molar-refractivity contribution in [3.8, 4) is 0 Å². The average Bonchev–Trinajstić information content (AvgIpc) is 2.49. The smallest absolute Gasteiger partial charge is 0.243 e. The Morgan fingerprint density at radius 1 is 1.22 bits per heavy atom. The summed E-state index contributed by atoms with van der Waals surface area (Å²) in [7, 11) is -3.59. The lowest BCUT2D eigenvalue weighted by Crippen LogP contribution is -2.50. The van der Waals surface area contributed by atoms with Crippen molar-refractivity contribution in [3.05, 3.63) is 29.3 Å². The molecule has 2 rings (SSSR count). The van der Waals surface area contributed by atoms with Gasteiger partial charge in [0.2, 0.25) is 15.9 Å². The lowest BCUT2D eigenvalue weighted by atomic mass is 9.95. The van der Waals surface area contributed by atoms with Crippen molar-refractivity contribution in [1.82, 2.24) is 5.32 Å². The standard InChI is InChI=1S/C16H23ClN2O3S/c1-12(16(20)18-14-6-4-3-5-7-14)19(23(2,21)22)15-10-8-13(17)9-11-15/h8-12,14H,3-7H2,1-2H3,(H,18,20)/t12-/m0/s1. The molecule has 0 spiro atoms. The highest BCUT2D eigenvalue weighted by atomic mass is 35.5. The van der Waals surface area contributed by atoms with E-state index in [-0.39, 0.29) is 11.9 Å². The zero-order chi connectivity index (χ0) is 17.0. The van der Waals surface area contributed by atoms with Crippen LogP contribution in [-0.4, -0.2) is 32.7 Å². The van der Waals surface area contributed by atoms with Crippen LogP contribution in [-0.2, 0) is 14.8 Å². The summed E-state index contributed by atoms with van der Waals surface area (Å²) in [5, 5.41) is 3.50. The topological polar surface area (TPSA) is 66.5 Å². The van der Waals surface area contributed by atoms with Gasteiger partial charge in [-0.3, -0.25) is 9.10 Å². The molecule has 1 aromatic rings. The zero-order valence-electron chi connectivity index (χ0n) is 13.5. The molecule has 1 fully saturated rings. The van der Waals surface area contributed by atoms with E-state index < -0.39 is 16.1 Å². The number of carbonyl (C=O) groups excluding carboxylic acids is 1. The van der Waals surface area contributed by atoms with Crippen LogP contribution in [0.5, 0.6) is 0 Å². The van der Waals surface area contributed by atoms with Crippen molar-refractivity contribution in [2.75, 3.05) is 10.6 Å². The molecule has 0 bridgehead atoms. The number of nitrogens with one attached hydrogen (secondary N) is 1. The number of nitrogens with zero attached hydrogens (tertiary/aromatic N) is 1. The third kappa shape index (κ3) is 4.85. The third-order valence-corrected chi connectivity index (χ3v) is 5.61. The first-order valence-electron chi connectivity index (χ1n) is 7.84. The Hall–Kier alpha value is -1.27. The van der Waals surface area contributed by atoms with E-state index in [0.717, 1.165) is 36.2 Å². The quantitative estimate of drug-likeness (QED) is 0.880. The van der Waals surface area contributed by atoms with Gasteiger partial charge in [0, 0.05) is 11.1 Å². The second-order valence-corrected chi connectivity index (χ2v) is 8.35. The van der Waals surface area contributed by atoms with Crippen LogP contribution in [0, 0.1) is 0 Å². The van der Waals surface area contributed by atoms with Crippen LogP contribution in [0.4, 0.5) is 5.69 Å². The molecule has 0 aromatic heterocycles. The zero-order valence-corrected chi connectivity index (χ0v) is 15.0. The van der Waals surface area contributed by atoms with Crippen molar-refractivity contribution >= 4 is 33.2 Å². The predicted molar refractivity (Wildman–Crippen MR) is 93.3 cm³/mol. The summed E-state index contributed by atoms with van der Waals surface area (Å²) < 4.78 is 25.5. The summed E-state index contributed by atoms with van der Waals surface area (Å²) >= 11 is 5.85. The minimum absolute atomic E-state index is 0.144. The number of benzene rings is 1. The lowest BCUT2D eigenvalue weighted by Gasteiger charge is -2.30. The summed E-state index contributed by atoms with van der Waals surface area (Å²) in [6.07, 6.45) is 6.42. The van der Waals surface area contributed by atoms with Gasteiger partial charge in [-0.2, -0.15) is 0 Å². The van der Waals surface area contributed by atoms with Crippen LogP contribution in [0.1, 0.15) is 39.0 Å². The number of anilines is 1. The summed E-state index contributed by atoms with van der Waals surface area (Å²) in [6, 6.07) is 5.77. The van der Waals surface area contributed by atoms with Gasteiger partial charge in [-0.15, -0.1) is 0 Å². The number of hydrogen-bond donors (Lipinski definition) is 1. The van der Waals surface area contributed by atoms with Gasteiger partial charge in [-0.25, -0.2) is 8.42 Å². The number of carbonyl (C=O) groups is 1. The van der Waals surface area contributed by atoms with Crippen molar-refractivity contribution in [1.29, 1.82) is 0 Å². The first-order chi connectivity index (χ1) is 10.8. The molecule has 0 heterocycles.